The summed E-state index contributed by atoms with van der Waals surface area (Å²) in [4.78, 5) is 4.30. The second-order valence-corrected chi connectivity index (χ2v) is 6.31. The molecule has 2 aromatic heterocycles. The quantitative estimate of drug-likeness (QED) is 0.619. The Hall–Kier alpha value is -2.67. The molecule has 7 heteroatoms. The maximum Gasteiger partial charge on any atom is 0.229 e. The van der Waals surface area contributed by atoms with Gasteiger partial charge in [-0.05, 0) is 50.5 Å². The zero-order valence-corrected chi connectivity index (χ0v) is 15.3. The highest BCUT2D eigenvalue weighted by molar-refractivity contribution is 5.60. The molecule has 0 aliphatic heterocycles. The first-order valence-corrected chi connectivity index (χ1v) is 8.67. The normalized spacial score (nSPS) is 11.1. The molecule has 3 rings (SSSR count). The lowest BCUT2D eigenvalue weighted by Gasteiger charge is -2.13. The molecule has 0 aliphatic rings. The molecule has 138 valence electrons. The highest BCUT2D eigenvalue weighted by Gasteiger charge is 2.13. The average molecular weight is 357 g/mol. The van der Waals surface area contributed by atoms with E-state index in [1.54, 1.807) is 0 Å². The minimum Gasteiger partial charge on any atom is -0.493 e. The summed E-state index contributed by atoms with van der Waals surface area (Å²) in [5.74, 6) is 2.71. The molecular weight excluding hydrogens is 334 g/mol. The lowest BCUT2D eigenvalue weighted by molar-refractivity contribution is 0.274. The molecule has 0 spiro atoms. The number of nitrogens with zero attached hydrogens (tertiary/aromatic N) is 3. The molecule has 3 aromatic rings. The van der Waals surface area contributed by atoms with Crippen LogP contribution in [0.2, 0.25) is 0 Å². The molecule has 1 N–H and O–H groups in total. The Morgan fingerprint density at radius 2 is 1.77 bits per heavy atom. The van der Waals surface area contributed by atoms with Crippen LogP contribution in [0, 0.1) is 20.8 Å². The molecule has 0 radical (unpaired) electrons. The van der Waals surface area contributed by atoms with E-state index in [0.717, 1.165) is 46.7 Å². The van der Waals surface area contributed by atoms with E-state index in [4.69, 9.17) is 18.9 Å². The highest BCUT2D eigenvalue weighted by atomic mass is 16.5. The first kappa shape index (κ1) is 18.1. The number of benzene rings is 1. The van der Waals surface area contributed by atoms with Crippen LogP contribution in [0.4, 0.5) is 0 Å². The number of rotatable bonds is 8. The number of aryl methyl sites for hydroxylation is 4. The van der Waals surface area contributed by atoms with E-state index in [9.17, 15) is 0 Å². The van der Waals surface area contributed by atoms with Crippen LogP contribution in [-0.2, 0) is 12.8 Å². The number of aromatic nitrogens is 3. The Balaban J connectivity index is 1.63. The van der Waals surface area contributed by atoms with Crippen molar-refractivity contribution in [1.82, 2.24) is 15.3 Å². The Morgan fingerprint density at radius 1 is 1.00 bits per heavy atom. The van der Waals surface area contributed by atoms with Crippen molar-refractivity contribution >= 4 is 0 Å². The van der Waals surface area contributed by atoms with Crippen LogP contribution in [0.25, 0.3) is 11.4 Å². The largest absolute Gasteiger partial charge is 0.493 e. The standard InChI is InChI=1S/C19H23N3O4/c1-12-9-15(19-20-17(6-7-23)26-22-19)10-13(2)18(12)24-8-4-5-16-11-14(3)21-25-16/h9-11,23H,4-8H2,1-3H3. The van der Waals surface area contributed by atoms with Gasteiger partial charge in [0, 0.05) is 18.1 Å². The Labute approximate surface area is 152 Å². The van der Waals surface area contributed by atoms with Gasteiger partial charge in [0.25, 0.3) is 0 Å². The summed E-state index contributed by atoms with van der Waals surface area (Å²) < 4.78 is 16.3. The van der Waals surface area contributed by atoms with Crippen molar-refractivity contribution in [3.63, 3.8) is 0 Å². The fraction of sp³-hybridized carbons (Fsp3) is 0.421. The molecule has 1 aromatic carbocycles. The van der Waals surface area contributed by atoms with Gasteiger partial charge >= 0.3 is 0 Å². The van der Waals surface area contributed by atoms with E-state index < -0.39 is 0 Å². The van der Waals surface area contributed by atoms with E-state index in [1.165, 1.54) is 0 Å². The molecule has 26 heavy (non-hydrogen) atoms. The lowest BCUT2D eigenvalue weighted by atomic mass is 10.1. The van der Waals surface area contributed by atoms with Gasteiger partial charge in [-0.1, -0.05) is 10.3 Å². The van der Waals surface area contributed by atoms with E-state index in [1.807, 2.05) is 39.0 Å². The van der Waals surface area contributed by atoms with E-state index in [-0.39, 0.29) is 6.61 Å². The maximum atomic E-state index is 8.95. The zero-order valence-electron chi connectivity index (χ0n) is 15.3. The summed E-state index contributed by atoms with van der Waals surface area (Å²) in [6.45, 7) is 6.50. The van der Waals surface area contributed by atoms with Crippen molar-refractivity contribution in [2.45, 2.75) is 40.0 Å². The summed E-state index contributed by atoms with van der Waals surface area (Å²) in [5.41, 5.74) is 3.80. The third-order valence-corrected chi connectivity index (χ3v) is 4.00. The first-order valence-electron chi connectivity index (χ1n) is 8.67. The van der Waals surface area contributed by atoms with Crippen LogP contribution in [0.5, 0.6) is 5.75 Å². The van der Waals surface area contributed by atoms with Gasteiger partial charge in [-0.2, -0.15) is 4.98 Å². The molecule has 0 saturated carbocycles. The van der Waals surface area contributed by atoms with Gasteiger partial charge in [-0.25, -0.2) is 0 Å². The van der Waals surface area contributed by atoms with E-state index >= 15 is 0 Å². The lowest BCUT2D eigenvalue weighted by Crippen LogP contribution is -2.02. The predicted molar refractivity (Wildman–Crippen MR) is 95.1 cm³/mol. The maximum absolute atomic E-state index is 8.95. The summed E-state index contributed by atoms with van der Waals surface area (Å²) in [6, 6.07) is 5.91. The van der Waals surface area contributed by atoms with E-state index in [0.29, 0.717) is 24.7 Å². The second-order valence-electron chi connectivity index (χ2n) is 6.31. The Kier molecular flexibility index (Phi) is 5.68. The molecule has 0 unspecified atom stereocenters. The molecular formula is C19H23N3O4. The number of hydrogen-bond acceptors (Lipinski definition) is 7. The van der Waals surface area contributed by atoms with Crippen molar-refractivity contribution in [1.29, 1.82) is 0 Å². The van der Waals surface area contributed by atoms with Crippen LogP contribution in [-0.4, -0.2) is 33.6 Å². The zero-order chi connectivity index (χ0) is 18.5. The highest BCUT2D eigenvalue weighted by Crippen LogP contribution is 2.29. The average Bonchev–Trinajstić information content (AvgIpc) is 3.23. The molecule has 0 saturated heterocycles. The van der Waals surface area contributed by atoms with Crippen molar-refractivity contribution in [3.8, 4) is 17.1 Å². The first-order chi connectivity index (χ1) is 12.6. The monoisotopic (exact) mass is 357 g/mol. The molecule has 7 nitrogen and oxygen atoms in total. The van der Waals surface area contributed by atoms with Gasteiger partial charge in [-0.3, -0.25) is 0 Å². The number of ether oxygens (including phenoxy) is 1. The van der Waals surface area contributed by atoms with E-state index in [2.05, 4.69) is 15.3 Å². The predicted octanol–water partition coefficient (Wildman–Crippen LogP) is 3.20. The minimum absolute atomic E-state index is 0.0138. The number of hydrogen-bond donors (Lipinski definition) is 1. The molecule has 0 fully saturated rings. The summed E-state index contributed by atoms with van der Waals surface area (Å²) in [7, 11) is 0. The van der Waals surface area contributed by atoms with Gasteiger partial charge in [0.2, 0.25) is 11.7 Å². The van der Waals surface area contributed by atoms with Gasteiger partial charge < -0.3 is 18.9 Å². The van der Waals surface area contributed by atoms with Crippen LogP contribution >= 0.6 is 0 Å². The molecule has 0 amide bonds. The summed E-state index contributed by atoms with van der Waals surface area (Å²) >= 11 is 0. The van der Waals surface area contributed by atoms with Crippen molar-refractivity contribution in [2.24, 2.45) is 0 Å². The minimum atomic E-state index is -0.0138. The molecule has 2 heterocycles. The Bertz CT molecular complexity index is 846. The molecule has 0 bridgehead atoms. The van der Waals surface area contributed by atoms with Gasteiger partial charge in [0.05, 0.1) is 25.3 Å². The third kappa shape index (κ3) is 4.29. The summed E-state index contributed by atoms with van der Waals surface area (Å²) in [6.07, 6.45) is 2.01. The Morgan fingerprint density at radius 3 is 2.42 bits per heavy atom. The van der Waals surface area contributed by atoms with Crippen LogP contribution in [0.3, 0.4) is 0 Å². The molecule has 0 aliphatic carbocycles. The smallest absolute Gasteiger partial charge is 0.229 e. The number of aliphatic hydroxyl groups is 1. The van der Waals surface area contributed by atoms with Gasteiger partial charge in [0.1, 0.15) is 11.5 Å². The van der Waals surface area contributed by atoms with Crippen molar-refractivity contribution in [3.05, 3.63) is 46.7 Å². The fourth-order valence-corrected chi connectivity index (χ4v) is 2.83. The fourth-order valence-electron chi connectivity index (χ4n) is 2.83. The second kappa shape index (κ2) is 8.14. The number of aliphatic hydroxyl groups excluding tert-OH is 1. The third-order valence-electron chi connectivity index (χ3n) is 4.00. The van der Waals surface area contributed by atoms with Gasteiger partial charge in [-0.15, -0.1) is 0 Å². The SMILES string of the molecule is Cc1cc(CCCOc2c(C)cc(-c3noc(CCO)n3)cc2C)on1. The van der Waals surface area contributed by atoms with Crippen molar-refractivity contribution < 1.29 is 18.9 Å². The topological polar surface area (TPSA) is 94.4 Å². The van der Waals surface area contributed by atoms with Crippen molar-refractivity contribution in [2.75, 3.05) is 13.2 Å². The van der Waals surface area contributed by atoms with Gasteiger partial charge in [0.15, 0.2) is 0 Å². The van der Waals surface area contributed by atoms with Crippen LogP contribution in [0.15, 0.2) is 27.2 Å². The summed E-state index contributed by atoms with van der Waals surface area (Å²) in [5, 5.41) is 16.8. The van der Waals surface area contributed by atoms with Crippen LogP contribution in [0.1, 0.15) is 34.9 Å². The molecule has 0 atom stereocenters. The van der Waals surface area contributed by atoms with Crippen LogP contribution < -0.4 is 4.74 Å².